The Morgan fingerprint density at radius 2 is 2.06 bits per heavy atom. The zero-order chi connectivity index (χ0) is 13.5. The minimum absolute atomic E-state index is 0.0459. The summed E-state index contributed by atoms with van der Waals surface area (Å²) < 4.78 is 4.81. The van der Waals surface area contributed by atoms with Crippen molar-refractivity contribution in [1.29, 1.82) is 0 Å². The summed E-state index contributed by atoms with van der Waals surface area (Å²) in [5, 5.41) is 9.20. The maximum atomic E-state index is 11.6. The Hall–Kier alpha value is -2.30. The molecule has 0 aliphatic heterocycles. The molecule has 0 aliphatic carbocycles. The van der Waals surface area contributed by atoms with Gasteiger partial charge in [0.2, 0.25) is 0 Å². The molecule has 0 radical (unpaired) electrons. The van der Waals surface area contributed by atoms with Crippen LogP contribution in [0.15, 0.2) is 43.0 Å². The van der Waals surface area contributed by atoms with Crippen molar-refractivity contribution >= 4 is 12.1 Å². The van der Waals surface area contributed by atoms with Crippen LogP contribution < -0.4 is 0 Å². The van der Waals surface area contributed by atoms with Crippen LogP contribution in [-0.2, 0) is 9.53 Å². The summed E-state index contributed by atoms with van der Waals surface area (Å²) in [6, 6.07) is 7.44. The van der Waals surface area contributed by atoms with Crippen molar-refractivity contribution < 1.29 is 19.4 Å². The number of aliphatic carboxylic acids is 1. The van der Waals surface area contributed by atoms with Gasteiger partial charge in [0.05, 0.1) is 0 Å². The maximum Gasteiger partial charge on any atom is 0.410 e. The van der Waals surface area contributed by atoms with Gasteiger partial charge in [-0.15, -0.1) is 0 Å². The van der Waals surface area contributed by atoms with E-state index in [1.807, 2.05) is 0 Å². The molecule has 0 spiro atoms. The molecule has 1 amide bonds. The highest BCUT2D eigenvalue weighted by molar-refractivity contribution is 5.81. The standard InChI is InChI=1S/C13H15NO4/c1-3-9-18-13(17)14(2)11(12(15)16)10-7-5-4-6-8-10/h3-8,11H,1,9H2,2H3,(H,15,16). The normalized spacial score (nSPS) is 11.4. The SMILES string of the molecule is C=CCOC(=O)N(C)C(C(=O)O)c1ccccc1. The smallest absolute Gasteiger partial charge is 0.410 e. The summed E-state index contributed by atoms with van der Waals surface area (Å²) in [5.41, 5.74) is 0.517. The van der Waals surface area contributed by atoms with E-state index in [9.17, 15) is 14.7 Å². The molecular formula is C13H15NO4. The highest BCUT2D eigenvalue weighted by Gasteiger charge is 2.28. The first-order valence-corrected chi connectivity index (χ1v) is 5.36. The number of carbonyl (C=O) groups excluding carboxylic acids is 1. The number of carbonyl (C=O) groups is 2. The van der Waals surface area contributed by atoms with Gasteiger partial charge in [-0.3, -0.25) is 4.90 Å². The molecule has 96 valence electrons. The van der Waals surface area contributed by atoms with E-state index in [-0.39, 0.29) is 6.61 Å². The quantitative estimate of drug-likeness (QED) is 0.811. The first kappa shape index (κ1) is 13.8. The molecule has 1 aromatic rings. The molecule has 1 unspecified atom stereocenters. The van der Waals surface area contributed by atoms with E-state index in [1.165, 1.54) is 13.1 Å². The molecule has 5 heteroatoms. The minimum atomic E-state index is -1.11. The van der Waals surface area contributed by atoms with Gasteiger partial charge in [0.25, 0.3) is 0 Å². The van der Waals surface area contributed by atoms with Crippen molar-refractivity contribution in [2.24, 2.45) is 0 Å². The number of ether oxygens (including phenoxy) is 1. The Morgan fingerprint density at radius 3 is 2.56 bits per heavy atom. The lowest BCUT2D eigenvalue weighted by Crippen LogP contribution is -2.36. The topological polar surface area (TPSA) is 66.8 Å². The van der Waals surface area contributed by atoms with E-state index in [1.54, 1.807) is 30.3 Å². The highest BCUT2D eigenvalue weighted by Crippen LogP contribution is 2.20. The molecule has 0 saturated heterocycles. The minimum Gasteiger partial charge on any atom is -0.479 e. The number of likely N-dealkylation sites (N-methyl/N-ethyl adjacent to an activating group) is 1. The van der Waals surface area contributed by atoms with Gasteiger partial charge < -0.3 is 9.84 Å². The number of benzene rings is 1. The lowest BCUT2D eigenvalue weighted by atomic mass is 10.1. The Bertz CT molecular complexity index is 430. The van der Waals surface area contributed by atoms with Crippen LogP contribution in [0.1, 0.15) is 11.6 Å². The van der Waals surface area contributed by atoms with Crippen LogP contribution in [-0.4, -0.2) is 35.7 Å². The van der Waals surface area contributed by atoms with Crippen molar-refractivity contribution in [3.63, 3.8) is 0 Å². The van der Waals surface area contributed by atoms with Gasteiger partial charge in [-0.05, 0) is 5.56 Å². The fourth-order valence-electron chi connectivity index (χ4n) is 1.50. The summed E-state index contributed by atoms with van der Waals surface area (Å²) in [7, 11) is 1.39. The molecule has 0 saturated carbocycles. The van der Waals surface area contributed by atoms with Gasteiger partial charge in [-0.1, -0.05) is 43.0 Å². The predicted octanol–water partition coefficient (Wildman–Crippen LogP) is 2.07. The number of carboxylic acids is 1. The number of nitrogens with zero attached hydrogens (tertiary/aromatic N) is 1. The van der Waals surface area contributed by atoms with E-state index in [0.29, 0.717) is 5.56 Å². The summed E-state index contributed by atoms with van der Waals surface area (Å²) >= 11 is 0. The largest absolute Gasteiger partial charge is 0.479 e. The molecule has 0 aromatic heterocycles. The molecule has 0 bridgehead atoms. The van der Waals surface area contributed by atoms with Crippen molar-refractivity contribution in [3.05, 3.63) is 48.6 Å². The summed E-state index contributed by atoms with van der Waals surface area (Å²) in [6.07, 6.45) is 0.718. The van der Waals surface area contributed by atoms with Gasteiger partial charge in [0.15, 0.2) is 6.04 Å². The number of carboxylic acid groups (broad SMARTS) is 1. The molecule has 1 N–H and O–H groups in total. The van der Waals surface area contributed by atoms with E-state index in [2.05, 4.69) is 6.58 Å². The van der Waals surface area contributed by atoms with Crippen molar-refractivity contribution in [2.45, 2.75) is 6.04 Å². The molecule has 18 heavy (non-hydrogen) atoms. The van der Waals surface area contributed by atoms with E-state index in [4.69, 9.17) is 4.74 Å². The van der Waals surface area contributed by atoms with Crippen molar-refractivity contribution in [3.8, 4) is 0 Å². The van der Waals surface area contributed by atoms with Crippen LogP contribution in [0.2, 0.25) is 0 Å². The van der Waals surface area contributed by atoms with Crippen LogP contribution in [0, 0.1) is 0 Å². The Labute approximate surface area is 105 Å². The zero-order valence-corrected chi connectivity index (χ0v) is 10.1. The van der Waals surface area contributed by atoms with Gasteiger partial charge in [-0.25, -0.2) is 9.59 Å². The van der Waals surface area contributed by atoms with Crippen LogP contribution in [0.25, 0.3) is 0 Å². The third-order valence-electron chi connectivity index (χ3n) is 2.35. The number of amides is 1. The molecule has 0 aliphatic rings. The number of hydrogen-bond acceptors (Lipinski definition) is 3. The Balaban J connectivity index is 2.89. The third-order valence-corrected chi connectivity index (χ3v) is 2.35. The zero-order valence-electron chi connectivity index (χ0n) is 10.1. The molecule has 0 fully saturated rings. The summed E-state index contributed by atoms with van der Waals surface area (Å²) in [6.45, 7) is 3.46. The summed E-state index contributed by atoms with van der Waals surface area (Å²) in [4.78, 5) is 23.9. The fourth-order valence-corrected chi connectivity index (χ4v) is 1.50. The van der Waals surface area contributed by atoms with E-state index >= 15 is 0 Å². The molecule has 0 heterocycles. The highest BCUT2D eigenvalue weighted by atomic mass is 16.6. The van der Waals surface area contributed by atoms with E-state index < -0.39 is 18.1 Å². The second-order valence-electron chi connectivity index (χ2n) is 3.63. The van der Waals surface area contributed by atoms with Crippen LogP contribution >= 0.6 is 0 Å². The summed E-state index contributed by atoms with van der Waals surface area (Å²) in [5.74, 6) is -1.11. The molecule has 5 nitrogen and oxygen atoms in total. The Kier molecular flexibility index (Phi) is 4.92. The maximum absolute atomic E-state index is 11.6. The first-order valence-electron chi connectivity index (χ1n) is 5.36. The average molecular weight is 249 g/mol. The number of hydrogen-bond donors (Lipinski definition) is 1. The number of rotatable bonds is 5. The molecule has 1 aromatic carbocycles. The second-order valence-corrected chi connectivity index (χ2v) is 3.63. The van der Waals surface area contributed by atoms with Crippen molar-refractivity contribution in [1.82, 2.24) is 4.90 Å². The molecule has 1 rings (SSSR count). The molecular weight excluding hydrogens is 234 g/mol. The van der Waals surface area contributed by atoms with Gasteiger partial charge in [0.1, 0.15) is 6.61 Å². The predicted molar refractivity (Wildman–Crippen MR) is 66.1 cm³/mol. The fraction of sp³-hybridized carbons (Fsp3) is 0.231. The lowest BCUT2D eigenvalue weighted by molar-refractivity contribution is -0.142. The van der Waals surface area contributed by atoms with Gasteiger partial charge in [-0.2, -0.15) is 0 Å². The van der Waals surface area contributed by atoms with Gasteiger partial charge >= 0.3 is 12.1 Å². The second kappa shape index (κ2) is 6.44. The van der Waals surface area contributed by atoms with Crippen LogP contribution in [0.4, 0.5) is 4.79 Å². The van der Waals surface area contributed by atoms with Gasteiger partial charge in [0, 0.05) is 7.05 Å². The van der Waals surface area contributed by atoms with Crippen LogP contribution in [0.5, 0.6) is 0 Å². The van der Waals surface area contributed by atoms with Crippen LogP contribution in [0.3, 0.4) is 0 Å². The molecule has 1 atom stereocenters. The van der Waals surface area contributed by atoms with E-state index in [0.717, 1.165) is 4.90 Å². The first-order chi connectivity index (χ1) is 8.57. The third kappa shape index (κ3) is 3.35. The Morgan fingerprint density at radius 1 is 1.44 bits per heavy atom. The van der Waals surface area contributed by atoms with Crippen molar-refractivity contribution in [2.75, 3.05) is 13.7 Å². The monoisotopic (exact) mass is 249 g/mol. The lowest BCUT2D eigenvalue weighted by Gasteiger charge is -2.24. The average Bonchev–Trinajstić information content (AvgIpc) is 2.36.